The van der Waals surface area contributed by atoms with Crippen molar-refractivity contribution in [2.75, 3.05) is 25.2 Å². The molecule has 0 aromatic heterocycles. The molecule has 0 heterocycles. The molecule has 1 rings (SSSR count). The molecular formula is C13H14N4O2. The first-order valence-electron chi connectivity index (χ1n) is 5.74. The van der Waals surface area contributed by atoms with Gasteiger partial charge in [-0.1, -0.05) is 6.07 Å². The first-order chi connectivity index (χ1) is 9.30. The van der Waals surface area contributed by atoms with Crippen molar-refractivity contribution in [3.05, 3.63) is 24.3 Å². The van der Waals surface area contributed by atoms with Crippen LogP contribution < -0.4 is 10.2 Å². The Hall–Kier alpha value is -2.57. The van der Waals surface area contributed by atoms with E-state index >= 15 is 0 Å². The first kappa shape index (κ1) is 14.5. The number of rotatable bonds is 7. The van der Waals surface area contributed by atoms with Gasteiger partial charge in [-0.3, -0.25) is 5.43 Å². The average molecular weight is 258 g/mol. The minimum atomic E-state index is -0.234. The highest BCUT2D eigenvalue weighted by molar-refractivity contribution is 6.10. The SMILES string of the molecule is CCOCCOc1cccc(NN=C(C#N)C#N)c1. The van der Waals surface area contributed by atoms with Gasteiger partial charge < -0.3 is 9.47 Å². The van der Waals surface area contributed by atoms with E-state index in [1.54, 1.807) is 36.4 Å². The molecule has 1 aromatic rings. The molecule has 0 aliphatic rings. The molecule has 6 heteroatoms. The second-order valence-corrected chi connectivity index (χ2v) is 3.37. The monoisotopic (exact) mass is 258 g/mol. The van der Waals surface area contributed by atoms with Crippen LogP contribution in [0.15, 0.2) is 29.4 Å². The average Bonchev–Trinajstić information content (AvgIpc) is 2.45. The van der Waals surface area contributed by atoms with Gasteiger partial charge in [0.1, 0.15) is 24.5 Å². The number of hydrazone groups is 1. The lowest BCUT2D eigenvalue weighted by atomic mass is 10.3. The fourth-order valence-electron chi connectivity index (χ4n) is 1.21. The summed E-state index contributed by atoms with van der Waals surface area (Å²) < 4.78 is 10.6. The zero-order chi connectivity index (χ0) is 13.9. The van der Waals surface area contributed by atoms with Gasteiger partial charge in [0.05, 0.1) is 12.3 Å². The number of benzene rings is 1. The van der Waals surface area contributed by atoms with Crippen molar-refractivity contribution >= 4 is 11.4 Å². The molecule has 19 heavy (non-hydrogen) atoms. The molecule has 0 aliphatic carbocycles. The van der Waals surface area contributed by atoms with Crippen molar-refractivity contribution in [3.63, 3.8) is 0 Å². The normalized spacial score (nSPS) is 9.00. The number of anilines is 1. The zero-order valence-corrected chi connectivity index (χ0v) is 10.6. The third-order valence-electron chi connectivity index (χ3n) is 2.04. The molecule has 98 valence electrons. The van der Waals surface area contributed by atoms with E-state index in [0.717, 1.165) is 0 Å². The Kier molecular flexibility index (Phi) is 6.49. The maximum absolute atomic E-state index is 8.54. The summed E-state index contributed by atoms with van der Waals surface area (Å²) in [5.74, 6) is 0.662. The van der Waals surface area contributed by atoms with Gasteiger partial charge in [0.2, 0.25) is 5.71 Å². The van der Waals surface area contributed by atoms with E-state index in [-0.39, 0.29) is 5.71 Å². The van der Waals surface area contributed by atoms with Crippen molar-refractivity contribution in [1.29, 1.82) is 10.5 Å². The number of ether oxygens (including phenoxy) is 2. The molecule has 6 nitrogen and oxygen atoms in total. The number of hydrogen-bond acceptors (Lipinski definition) is 6. The summed E-state index contributed by atoms with van der Waals surface area (Å²) in [5, 5.41) is 20.7. The topological polar surface area (TPSA) is 90.4 Å². The van der Waals surface area contributed by atoms with Gasteiger partial charge in [-0.15, -0.1) is 0 Å². The molecule has 0 spiro atoms. The van der Waals surface area contributed by atoms with Crippen LogP contribution in [-0.4, -0.2) is 25.5 Å². The van der Waals surface area contributed by atoms with Gasteiger partial charge in [-0.05, 0) is 19.1 Å². The Balaban J connectivity index is 2.55. The van der Waals surface area contributed by atoms with E-state index in [4.69, 9.17) is 20.0 Å². The summed E-state index contributed by atoms with van der Waals surface area (Å²) in [4.78, 5) is 0. The highest BCUT2D eigenvalue weighted by Gasteiger charge is 1.97. The fourth-order valence-corrected chi connectivity index (χ4v) is 1.21. The number of nitrogens with one attached hydrogen (secondary N) is 1. The van der Waals surface area contributed by atoms with E-state index in [9.17, 15) is 0 Å². The quantitative estimate of drug-likeness (QED) is 0.458. The Labute approximate surface area is 111 Å². The first-order valence-corrected chi connectivity index (χ1v) is 5.74. The van der Waals surface area contributed by atoms with Crippen molar-refractivity contribution in [2.45, 2.75) is 6.92 Å². The van der Waals surface area contributed by atoms with Gasteiger partial charge in [0.15, 0.2) is 0 Å². The lowest BCUT2D eigenvalue weighted by Crippen LogP contribution is -2.06. The molecule has 0 atom stereocenters. The van der Waals surface area contributed by atoms with Crippen LogP contribution >= 0.6 is 0 Å². The van der Waals surface area contributed by atoms with Crippen molar-refractivity contribution in [1.82, 2.24) is 0 Å². The number of nitrogens with zero attached hydrogens (tertiary/aromatic N) is 3. The fraction of sp³-hybridized carbons (Fsp3) is 0.308. The third kappa shape index (κ3) is 5.53. The standard InChI is InChI=1S/C13H14N4O2/c1-2-18-6-7-19-13-5-3-4-11(8-13)16-17-12(9-14)10-15/h3-5,8,16H,2,6-7H2,1H3. The van der Waals surface area contributed by atoms with Crippen LogP contribution in [0.3, 0.4) is 0 Å². The Bertz CT molecular complexity index is 498. The van der Waals surface area contributed by atoms with Gasteiger partial charge >= 0.3 is 0 Å². The number of nitriles is 2. The molecule has 0 radical (unpaired) electrons. The molecule has 1 aromatic carbocycles. The van der Waals surface area contributed by atoms with Gasteiger partial charge in [-0.25, -0.2) is 0 Å². The summed E-state index contributed by atoms with van der Waals surface area (Å²) in [6, 6.07) is 10.4. The molecule has 0 amide bonds. The van der Waals surface area contributed by atoms with E-state index in [0.29, 0.717) is 31.3 Å². The second kappa shape index (κ2) is 8.51. The maximum atomic E-state index is 8.54. The van der Waals surface area contributed by atoms with Crippen molar-refractivity contribution in [2.24, 2.45) is 5.10 Å². The molecule has 0 fully saturated rings. The van der Waals surface area contributed by atoms with E-state index < -0.39 is 0 Å². The van der Waals surface area contributed by atoms with Crippen molar-refractivity contribution in [3.8, 4) is 17.9 Å². The largest absolute Gasteiger partial charge is 0.491 e. The van der Waals surface area contributed by atoms with E-state index in [1.807, 2.05) is 6.92 Å². The zero-order valence-electron chi connectivity index (χ0n) is 10.6. The molecule has 0 saturated heterocycles. The van der Waals surface area contributed by atoms with Crippen LogP contribution in [0.25, 0.3) is 0 Å². The Morgan fingerprint density at radius 2 is 2.11 bits per heavy atom. The van der Waals surface area contributed by atoms with Crippen LogP contribution in [0.1, 0.15) is 6.92 Å². The third-order valence-corrected chi connectivity index (χ3v) is 2.04. The maximum Gasteiger partial charge on any atom is 0.237 e. The van der Waals surface area contributed by atoms with E-state index in [1.165, 1.54) is 0 Å². The van der Waals surface area contributed by atoms with Crippen molar-refractivity contribution < 1.29 is 9.47 Å². The summed E-state index contributed by atoms with van der Waals surface area (Å²) in [6.07, 6.45) is 0. The van der Waals surface area contributed by atoms with Crippen LogP contribution in [0.2, 0.25) is 0 Å². The second-order valence-electron chi connectivity index (χ2n) is 3.37. The number of hydrogen-bond donors (Lipinski definition) is 1. The van der Waals surface area contributed by atoms with Crippen LogP contribution in [-0.2, 0) is 4.74 Å². The van der Waals surface area contributed by atoms with Gasteiger partial charge in [0, 0.05) is 12.7 Å². The Morgan fingerprint density at radius 3 is 2.79 bits per heavy atom. The summed E-state index contributed by atoms with van der Waals surface area (Å²) in [7, 11) is 0. The molecule has 0 aliphatic heterocycles. The highest BCUT2D eigenvalue weighted by atomic mass is 16.5. The Morgan fingerprint density at radius 1 is 1.32 bits per heavy atom. The van der Waals surface area contributed by atoms with Gasteiger partial charge in [-0.2, -0.15) is 15.6 Å². The smallest absolute Gasteiger partial charge is 0.237 e. The predicted molar refractivity (Wildman–Crippen MR) is 70.7 cm³/mol. The predicted octanol–water partition coefficient (Wildman–Crippen LogP) is 1.92. The lowest BCUT2D eigenvalue weighted by molar-refractivity contribution is 0.110. The van der Waals surface area contributed by atoms with Crippen LogP contribution in [0, 0.1) is 22.7 Å². The molecule has 0 bridgehead atoms. The van der Waals surface area contributed by atoms with Crippen LogP contribution in [0.4, 0.5) is 5.69 Å². The van der Waals surface area contributed by atoms with Gasteiger partial charge in [0.25, 0.3) is 0 Å². The molecule has 0 saturated carbocycles. The summed E-state index contributed by atoms with van der Waals surface area (Å²) in [6.45, 7) is 3.57. The highest BCUT2D eigenvalue weighted by Crippen LogP contribution is 2.17. The summed E-state index contributed by atoms with van der Waals surface area (Å²) >= 11 is 0. The summed E-state index contributed by atoms with van der Waals surface area (Å²) in [5.41, 5.74) is 3.02. The van der Waals surface area contributed by atoms with E-state index in [2.05, 4.69) is 10.5 Å². The molecular weight excluding hydrogens is 244 g/mol. The minimum absolute atomic E-state index is 0.234. The lowest BCUT2D eigenvalue weighted by Gasteiger charge is -2.07. The van der Waals surface area contributed by atoms with Crippen LogP contribution in [0.5, 0.6) is 5.75 Å². The minimum Gasteiger partial charge on any atom is -0.491 e. The molecule has 0 unspecified atom stereocenters. The molecule has 1 N–H and O–H groups in total.